The minimum atomic E-state index is 0.296. The highest BCUT2D eigenvalue weighted by Crippen LogP contribution is 2.21. The Labute approximate surface area is 92.9 Å². The van der Waals surface area contributed by atoms with Gasteiger partial charge in [0.1, 0.15) is 4.99 Å². The van der Waals surface area contributed by atoms with Gasteiger partial charge < -0.3 is 10.5 Å². The van der Waals surface area contributed by atoms with E-state index in [-0.39, 0.29) is 0 Å². The average Bonchev–Trinajstić information content (AvgIpc) is 2.27. The molecule has 15 heavy (non-hydrogen) atoms. The summed E-state index contributed by atoms with van der Waals surface area (Å²) in [6.45, 7) is 0. The van der Waals surface area contributed by atoms with E-state index in [4.69, 9.17) is 22.7 Å². The Bertz CT molecular complexity index is 525. The van der Waals surface area contributed by atoms with Gasteiger partial charge in [-0.2, -0.15) is 0 Å². The second-order valence-corrected chi connectivity index (χ2v) is 3.54. The summed E-state index contributed by atoms with van der Waals surface area (Å²) in [7, 11) is 1.55. The van der Waals surface area contributed by atoms with Gasteiger partial charge in [-0.25, -0.2) is 4.98 Å². The lowest BCUT2D eigenvalue weighted by atomic mass is 10.1. The van der Waals surface area contributed by atoms with Crippen molar-refractivity contribution in [3.8, 4) is 5.88 Å². The van der Waals surface area contributed by atoms with Crippen LogP contribution in [0.5, 0.6) is 5.88 Å². The zero-order chi connectivity index (χ0) is 10.8. The largest absolute Gasteiger partial charge is 0.480 e. The molecule has 76 valence electrons. The molecule has 4 heteroatoms. The van der Waals surface area contributed by atoms with E-state index < -0.39 is 0 Å². The number of benzene rings is 1. The second kappa shape index (κ2) is 3.82. The van der Waals surface area contributed by atoms with E-state index in [1.807, 2.05) is 30.3 Å². The molecule has 0 atom stereocenters. The van der Waals surface area contributed by atoms with Crippen LogP contribution in [0, 0.1) is 0 Å². The lowest BCUT2D eigenvalue weighted by Gasteiger charge is -2.07. The molecule has 1 aromatic carbocycles. The van der Waals surface area contributed by atoms with E-state index in [0.717, 1.165) is 10.9 Å². The molecule has 2 N–H and O–H groups in total. The minimum absolute atomic E-state index is 0.296. The highest BCUT2D eigenvalue weighted by atomic mass is 32.1. The fourth-order valence-electron chi connectivity index (χ4n) is 1.43. The summed E-state index contributed by atoms with van der Waals surface area (Å²) in [6.07, 6.45) is 0. The normalized spacial score (nSPS) is 10.2. The number of nitrogens with zero attached hydrogens (tertiary/aromatic N) is 1. The molecule has 1 aromatic heterocycles. The molecule has 0 bridgehead atoms. The number of fused-ring (bicyclic) bond motifs is 1. The van der Waals surface area contributed by atoms with Gasteiger partial charge in [0.2, 0.25) is 5.88 Å². The molecule has 2 rings (SSSR count). The molecule has 0 aliphatic heterocycles. The maximum absolute atomic E-state index is 5.59. The molecular weight excluding hydrogens is 208 g/mol. The number of para-hydroxylation sites is 1. The number of nitrogens with two attached hydrogens (primary N) is 1. The monoisotopic (exact) mass is 218 g/mol. The van der Waals surface area contributed by atoms with Crippen molar-refractivity contribution < 1.29 is 4.74 Å². The molecule has 0 unspecified atom stereocenters. The van der Waals surface area contributed by atoms with E-state index in [9.17, 15) is 0 Å². The van der Waals surface area contributed by atoms with Crippen molar-refractivity contribution in [1.29, 1.82) is 0 Å². The number of rotatable bonds is 2. The fourth-order valence-corrected chi connectivity index (χ4v) is 1.58. The average molecular weight is 218 g/mol. The van der Waals surface area contributed by atoms with Crippen LogP contribution >= 0.6 is 12.2 Å². The third-order valence-corrected chi connectivity index (χ3v) is 2.37. The van der Waals surface area contributed by atoms with Crippen molar-refractivity contribution in [2.45, 2.75) is 0 Å². The van der Waals surface area contributed by atoms with Gasteiger partial charge in [-0.1, -0.05) is 30.4 Å². The number of hydrogen-bond donors (Lipinski definition) is 1. The molecule has 0 amide bonds. The Morgan fingerprint density at radius 3 is 2.80 bits per heavy atom. The lowest BCUT2D eigenvalue weighted by molar-refractivity contribution is 0.399. The SMILES string of the molecule is COc1nc2ccccc2cc1C(N)=S. The van der Waals surface area contributed by atoms with Gasteiger partial charge in [0.15, 0.2) is 0 Å². The van der Waals surface area contributed by atoms with Gasteiger partial charge in [0.25, 0.3) is 0 Å². The van der Waals surface area contributed by atoms with Crippen molar-refractivity contribution in [2.75, 3.05) is 7.11 Å². The van der Waals surface area contributed by atoms with Crippen molar-refractivity contribution >= 4 is 28.1 Å². The maximum Gasteiger partial charge on any atom is 0.224 e. The molecule has 0 saturated heterocycles. The van der Waals surface area contributed by atoms with Gasteiger partial charge >= 0.3 is 0 Å². The third kappa shape index (κ3) is 1.76. The van der Waals surface area contributed by atoms with Gasteiger partial charge in [0, 0.05) is 5.39 Å². The highest BCUT2D eigenvalue weighted by molar-refractivity contribution is 7.80. The van der Waals surface area contributed by atoms with Crippen LogP contribution in [0.3, 0.4) is 0 Å². The molecular formula is C11H10N2OS. The van der Waals surface area contributed by atoms with Crippen LogP contribution in [0.1, 0.15) is 5.56 Å². The van der Waals surface area contributed by atoms with Crippen LogP contribution < -0.4 is 10.5 Å². The first kappa shape index (κ1) is 9.86. The highest BCUT2D eigenvalue weighted by Gasteiger charge is 2.08. The van der Waals surface area contributed by atoms with E-state index in [1.54, 1.807) is 7.11 Å². The Morgan fingerprint density at radius 2 is 2.13 bits per heavy atom. The predicted octanol–water partition coefficient (Wildman–Crippen LogP) is 1.88. The zero-order valence-corrected chi connectivity index (χ0v) is 9.04. The van der Waals surface area contributed by atoms with Crippen LogP contribution in [0.2, 0.25) is 0 Å². The van der Waals surface area contributed by atoms with Crippen molar-refractivity contribution in [3.63, 3.8) is 0 Å². The molecule has 3 nitrogen and oxygen atoms in total. The Morgan fingerprint density at radius 1 is 1.40 bits per heavy atom. The van der Waals surface area contributed by atoms with Gasteiger partial charge in [-0.3, -0.25) is 0 Å². The van der Waals surface area contributed by atoms with Crippen LogP contribution in [-0.4, -0.2) is 17.1 Å². The van der Waals surface area contributed by atoms with Crippen molar-refractivity contribution in [1.82, 2.24) is 4.98 Å². The number of pyridine rings is 1. The van der Waals surface area contributed by atoms with Gasteiger partial charge in [0.05, 0.1) is 18.2 Å². The molecule has 0 saturated carbocycles. The minimum Gasteiger partial charge on any atom is -0.480 e. The molecule has 0 radical (unpaired) electrons. The predicted molar refractivity (Wildman–Crippen MR) is 64.2 cm³/mol. The molecule has 0 aliphatic rings. The van der Waals surface area contributed by atoms with Crippen LogP contribution in [0.15, 0.2) is 30.3 Å². The van der Waals surface area contributed by atoms with Crippen LogP contribution in [0.25, 0.3) is 10.9 Å². The number of thiocarbonyl (C=S) groups is 1. The fraction of sp³-hybridized carbons (Fsp3) is 0.0909. The summed E-state index contributed by atoms with van der Waals surface area (Å²) >= 11 is 4.94. The Hall–Kier alpha value is -1.68. The zero-order valence-electron chi connectivity index (χ0n) is 8.23. The standard InChI is InChI=1S/C11H10N2OS/c1-14-11-8(10(12)15)6-7-4-2-3-5-9(7)13-11/h2-6H,1H3,(H2,12,15). The summed E-state index contributed by atoms with van der Waals surface area (Å²) < 4.78 is 5.14. The molecule has 2 aromatic rings. The van der Waals surface area contributed by atoms with E-state index in [1.165, 1.54) is 0 Å². The van der Waals surface area contributed by atoms with Crippen molar-refractivity contribution in [2.24, 2.45) is 5.73 Å². The topological polar surface area (TPSA) is 48.1 Å². The third-order valence-electron chi connectivity index (χ3n) is 2.15. The summed E-state index contributed by atoms with van der Waals surface area (Å²) in [6, 6.07) is 9.64. The molecule has 0 fully saturated rings. The summed E-state index contributed by atoms with van der Waals surface area (Å²) in [5, 5.41) is 1.00. The van der Waals surface area contributed by atoms with Crippen molar-refractivity contribution in [3.05, 3.63) is 35.9 Å². The maximum atomic E-state index is 5.59. The molecule has 0 aliphatic carbocycles. The molecule has 1 heterocycles. The van der Waals surface area contributed by atoms with Crippen LogP contribution in [-0.2, 0) is 0 Å². The van der Waals surface area contributed by atoms with Gasteiger partial charge in [-0.05, 0) is 12.1 Å². The summed E-state index contributed by atoms with van der Waals surface area (Å²) in [4.78, 5) is 4.62. The number of methoxy groups -OCH3 is 1. The van der Waals surface area contributed by atoms with E-state index in [2.05, 4.69) is 4.98 Å². The Balaban J connectivity index is 2.74. The summed E-state index contributed by atoms with van der Waals surface area (Å²) in [5.74, 6) is 0.473. The molecule has 0 spiro atoms. The van der Waals surface area contributed by atoms with E-state index >= 15 is 0 Å². The number of aromatic nitrogens is 1. The van der Waals surface area contributed by atoms with Crippen LogP contribution in [0.4, 0.5) is 0 Å². The Kier molecular flexibility index (Phi) is 2.51. The summed E-state index contributed by atoms with van der Waals surface area (Å²) in [5.41, 5.74) is 7.13. The smallest absolute Gasteiger partial charge is 0.224 e. The number of ether oxygens (including phenoxy) is 1. The number of hydrogen-bond acceptors (Lipinski definition) is 3. The quantitative estimate of drug-likeness (QED) is 0.782. The second-order valence-electron chi connectivity index (χ2n) is 3.10. The van der Waals surface area contributed by atoms with Gasteiger partial charge in [-0.15, -0.1) is 0 Å². The lowest BCUT2D eigenvalue weighted by Crippen LogP contribution is -2.11. The first-order valence-electron chi connectivity index (χ1n) is 4.46. The van der Waals surface area contributed by atoms with E-state index in [0.29, 0.717) is 16.4 Å². The first-order chi connectivity index (χ1) is 7.22. The first-order valence-corrected chi connectivity index (χ1v) is 4.87.